The predicted molar refractivity (Wildman–Crippen MR) is 73.4 cm³/mol. The summed E-state index contributed by atoms with van der Waals surface area (Å²) in [5, 5.41) is 0.541. The minimum absolute atomic E-state index is 0.0968. The number of anilines is 1. The van der Waals surface area contributed by atoms with Gasteiger partial charge in [0.15, 0.2) is 5.78 Å². The maximum absolute atomic E-state index is 12.2. The quantitative estimate of drug-likeness (QED) is 0.675. The van der Waals surface area contributed by atoms with Gasteiger partial charge in [-0.1, -0.05) is 39.7 Å². The van der Waals surface area contributed by atoms with Gasteiger partial charge in [0, 0.05) is 26.3 Å². The number of halogens is 2. The molecule has 0 saturated carbocycles. The van der Waals surface area contributed by atoms with Crippen LogP contribution in [-0.2, 0) is 0 Å². The minimum Gasteiger partial charge on any atom is -0.399 e. The van der Waals surface area contributed by atoms with Gasteiger partial charge in [0.2, 0.25) is 0 Å². The van der Waals surface area contributed by atoms with E-state index < -0.39 is 0 Å². The fourth-order valence-electron chi connectivity index (χ4n) is 1.54. The monoisotopic (exact) mass is 309 g/mol. The molecule has 4 heteroatoms. The third-order valence-corrected chi connectivity index (χ3v) is 2.96. The SMILES string of the molecule is Nc1cc(Br)cc(C(=O)c2cccc(Cl)c2)c1. The van der Waals surface area contributed by atoms with Crippen LogP contribution < -0.4 is 5.73 Å². The summed E-state index contributed by atoms with van der Waals surface area (Å²) in [7, 11) is 0. The fraction of sp³-hybridized carbons (Fsp3) is 0. The molecule has 2 nitrogen and oxygen atoms in total. The summed E-state index contributed by atoms with van der Waals surface area (Å²) in [5.74, 6) is -0.0968. The molecule has 2 rings (SSSR count). The van der Waals surface area contributed by atoms with Crippen LogP contribution in [0.4, 0.5) is 5.69 Å². The highest BCUT2D eigenvalue weighted by molar-refractivity contribution is 9.10. The summed E-state index contributed by atoms with van der Waals surface area (Å²) in [5.41, 5.74) is 7.33. The van der Waals surface area contributed by atoms with Gasteiger partial charge in [-0.25, -0.2) is 0 Å². The van der Waals surface area contributed by atoms with Crippen molar-refractivity contribution in [3.8, 4) is 0 Å². The lowest BCUT2D eigenvalue weighted by molar-refractivity contribution is 0.103. The van der Waals surface area contributed by atoms with Crippen LogP contribution in [-0.4, -0.2) is 5.78 Å². The van der Waals surface area contributed by atoms with Gasteiger partial charge in [-0.05, 0) is 30.3 Å². The fourth-order valence-corrected chi connectivity index (χ4v) is 2.24. The Bertz CT molecular complexity index is 563. The Kier molecular flexibility index (Phi) is 3.50. The van der Waals surface area contributed by atoms with E-state index in [1.165, 1.54) is 0 Å². The largest absolute Gasteiger partial charge is 0.399 e. The zero-order valence-electron chi connectivity index (χ0n) is 8.78. The summed E-state index contributed by atoms with van der Waals surface area (Å²) < 4.78 is 0.780. The molecule has 0 aliphatic heterocycles. The van der Waals surface area contributed by atoms with E-state index in [-0.39, 0.29) is 5.78 Å². The van der Waals surface area contributed by atoms with E-state index in [0.29, 0.717) is 21.8 Å². The van der Waals surface area contributed by atoms with Gasteiger partial charge in [0.05, 0.1) is 0 Å². The maximum Gasteiger partial charge on any atom is 0.193 e. The van der Waals surface area contributed by atoms with E-state index in [0.717, 1.165) is 4.47 Å². The van der Waals surface area contributed by atoms with Gasteiger partial charge < -0.3 is 5.73 Å². The van der Waals surface area contributed by atoms with E-state index in [1.807, 2.05) is 0 Å². The maximum atomic E-state index is 12.2. The van der Waals surface area contributed by atoms with E-state index in [4.69, 9.17) is 17.3 Å². The average molecular weight is 311 g/mol. The van der Waals surface area contributed by atoms with Crippen LogP contribution >= 0.6 is 27.5 Å². The van der Waals surface area contributed by atoms with Crippen molar-refractivity contribution in [2.75, 3.05) is 5.73 Å². The molecule has 17 heavy (non-hydrogen) atoms. The molecule has 0 aromatic heterocycles. The highest BCUT2D eigenvalue weighted by Gasteiger charge is 2.10. The highest BCUT2D eigenvalue weighted by atomic mass is 79.9. The molecule has 0 unspecified atom stereocenters. The van der Waals surface area contributed by atoms with Crippen molar-refractivity contribution in [3.05, 3.63) is 63.1 Å². The lowest BCUT2D eigenvalue weighted by atomic mass is 10.0. The van der Waals surface area contributed by atoms with Gasteiger partial charge >= 0.3 is 0 Å². The molecule has 0 bridgehead atoms. The second-order valence-electron chi connectivity index (χ2n) is 3.61. The molecule has 86 valence electrons. The molecule has 2 aromatic rings. The predicted octanol–water partition coefficient (Wildman–Crippen LogP) is 3.92. The third-order valence-electron chi connectivity index (χ3n) is 2.27. The first kappa shape index (κ1) is 12.1. The molecule has 0 aliphatic rings. The summed E-state index contributed by atoms with van der Waals surface area (Å²) in [6.45, 7) is 0. The van der Waals surface area contributed by atoms with Gasteiger partial charge in [-0.15, -0.1) is 0 Å². The Balaban J connectivity index is 2.43. The van der Waals surface area contributed by atoms with Crippen LogP contribution in [0.1, 0.15) is 15.9 Å². The standard InChI is InChI=1S/C13H9BrClNO/c14-10-4-9(6-12(16)7-10)13(17)8-2-1-3-11(15)5-8/h1-7H,16H2. The summed E-state index contributed by atoms with van der Waals surface area (Å²) in [6, 6.07) is 12.0. The molecule has 0 fully saturated rings. The van der Waals surface area contributed by atoms with Gasteiger partial charge in [-0.3, -0.25) is 4.79 Å². The number of benzene rings is 2. The van der Waals surface area contributed by atoms with Crippen LogP contribution in [0.15, 0.2) is 46.9 Å². The summed E-state index contributed by atoms with van der Waals surface area (Å²) in [4.78, 5) is 12.2. The van der Waals surface area contributed by atoms with E-state index in [9.17, 15) is 4.79 Å². The molecule has 0 heterocycles. The number of nitrogens with two attached hydrogens (primary N) is 1. The normalized spacial score (nSPS) is 10.2. The molecular weight excluding hydrogens is 302 g/mol. The molecule has 0 radical (unpaired) electrons. The Hall–Kier alpha value is -1.32. The molecule has 0 atom stereocenters. The first-order valence-corrected chi connectivity index (χ1v) is 6.10. The van der Waals surface area contributed by atoms with Crippen LogP contribution in [0.25, 0.3) is 0 Å². The number of nitrogen functional groups attached to an aromatic ring is 1. The Morgan fingerprint density at radius 3 is 2.53 bits per heavy atom. The summed E-state index contributed by atoms with van der Waals surface area (Å²) >= 11 is 9.16. The number of rotatable bonds is 2. The van der Waals surface area contributed by atoms with Crippen molar-refractivity contribution in [1.82, 2.24) is 0 Å². The van der Waals surface area contributed by atoms with Crippen molar-refractivity contribution in [3.63, 3.8) is 0 Å². The van der Waals surface area contributed by atoms with Crippen LogP contribution in [0.2, 0.25) is 5.02 Å². The lowest BCUT2D eigenvalue weighted by Crippen LogP contribution is -2.02. The van der Waals surface area contributed by atoms with E-state index in [2.05, 4.69) is 15.9 Å². The molecule has 0 spiro atoms. The zero-order chi connectivity index (χ0) is 12.4. The first-order chi connectivity index (χ1) is 8.06. The Morgan fingerprint density at radius 2 is 1.88 bits per heavy atom. The number of ketones is 1. The van der Waals surface area contributed by atoms with E-state index >= 15 is 0 Å². The topological polar surface area (TPSA) is 43.1 Å². The molecule has 2 aromatic carbocycles. The number of carbonyl (C=O) groups is 1. The van der Waals surface area contributed by atoms with Crippen LogP contribution in [0.3, 0.4) is 0 Å². The van der Waals surface area contributed by atoms with Crippen molar-refractivity contribution >= 4 is 39.0 Å². The third kappa shape index (κ3) is 2.87. The number of hydrogen-bond donors (Lipinski definition) is 1. The van der Waals surface area contributed by atoms with Crippen molar-refractivity contribution in [1.29, 1.82) is 0 Å². The molecular formula is C13H9BrClNO. The minimum atomic E-state index is -0.0968. The zero-order valence-corrected chi connectivity index (χ0v) is 11.1. The first-order valence-electron chi connectivity index (χ1n) is 4.92. The van der Waals surface area contributed by atoms with E-state index in [1.54, 1.807) is 42.5 Å². The lowest BCUT2D eigenvalue weighted by Gasteiger charge is -2.04. The van der Waals surface area contributed by atoms with Gasteiger partial charge in [0.25, 0.3) is 0 Å². The Labute approximate surface area is 113 Å². The molecule has 0 aliphatic carbocycles. The Morgan fingerprint density at radius 1 is 1.12 bits per heavy atom. The van der Waals surface area contributed by atoms with Crippen molar-refractivity contribution in [2.45, 2.75) is 0 Å². The number of hydrogen-bond acceptors (Lipinski definition) is 2. The smallest absolute Gasteiger partial charge is 0.193 e. The molecule has 2 N–H and O–H groups in total. The summed E-state index contributed by atoms with van der Waals surface area (Å²) in [6.07, 6.45) is 0. The second kappa shape index (κ2) is 4.90. The van der Waals surface area contributed by atoms with Gasteiger partial charge in [0.1, 0.15) is 0 Å². The number of carbonyl (C=O) groups excluding carboxylic acids is 1. The second-order valence-corrected chi connectivity index (χ2v) is 4.96. The molecule has 0 saturated heterocycles. The van der Waals surface area contributed by atoms with Gasteiger partial charge in [-0.2, -0.15) is 0 Å². The average Bonchev–Trinajstić information content (AvgIpc) is 2.26. The molecule has 0 amide bonds. The van der Waals surface area contributed by atoms with Crippen molar-refractivity contribution in [2.24, 2.45) is 0 Å². The van der Waals surface area contributed by atoms with Crippen LogP contribution in [0, 0.1) is 0 Å². The van der Waals surface area contributed by atoms with Crippen molar-refractivity contribution < 1.29 is 4.79 Å². The van der Waals surface area contributed by atoms with Crippen LogP contribution in [0.5, 0.6) is 0 Å². The highest BCUT2D eigenvalue weighted by Crippen LogP contribution is 2.21.